The highest BCUT2D eigenvalue weighted by atomic mass is 32.2. The number of carbonyl (C=O) groups excluding carboxylic acids is 2. The van der Waals surface area contributed by atoms with Crippen molar-refractivity contribution in [3.05, 3.63) is 66.2 Å². The lowest BCUT2D eigenvalue weighted by molar-refractivity contribution is -0.139. The molecule has 1 atom stereocenters. The number of nitrogens with zero attached hydrogens (tertiary/aromatic N) is 2. The smallest absolute Gasteiger partial charge is 0.244 e. The van der Waals surface area contributed by atoms with Crippen LogP contribution in [0.15, 0.2) is 60.7 Å². The molecule has 2 aromatic carbocycles. The highest BCUT2D eigenvalue weighted by molar-refractivity contribution is 7.92. The quantitative estimate of drug-likeness (QED) is 0.609. The third kappa shape index (κ3) is 7.40. The number of sulfonamides is 1. The van der Waals surface area contributed by atoms with Crippen molar-refractivity contribution >= 4 is 27.5 Å². The molecule has 8 heteroatoms. The summed E-state index contributed by atoms with van der Waals surface area (Å²) >= 11 is 0. The van der Waals surface area contributed by atoms with Gasteiger partial charge >= 0.3 is 0 Å². The molecule has 0 aliphatic heterocycles. The Kier molecular flexibility index (Phi) is 8.62. The molecular formula is C23H31N3O4S. The SMILES string of the molecule is CC(C)CNC(=O)[C@@H](C)N(Cc1ccccc1)C(=O)CN(c1ccccc1)S(C)(=O)=O. The first-order valence-electron chi connectivity index (χ1n) is 10.2. The third-order valence-electron chi connectivity index (χ3n) is 4.77. The molecule has 2 aromatic rings. The number of hydrogen-bond donors (Lipinski definition) is 1. The first-order chi connectivity index (χ1) is 14.6. The Labute approximate surface area is 185 Å². The first kappa shape index (κ1) is 24.4. The summed E-state index contributed by atoms with van der Waals surface area (Å²) in [6, 6.07) is 17.0. The van der Waals surface area contributed by atoms with Gasteiger partial charge in [0, 0.05) is 13.1 Å². The lowest BCUT2D eigenvalue weighted by Crippen LogP contribution is -2.51. The van der Waals surface area contributed by atoms with Gasteiger partial charge in [-0.2, -0.15) is 0 Å². The minimum atomic E-state index is -3.70. The minimum Gasteiger partial charge on any atom is -0.354 e. The van der Waals surface area contributed by atoms with E-state index in [4.69, 9.17) is 0 Å². The van der Waals surface area contributed by atoms with Gasteiger partial charge in [-0.25, -0.2) is 8.42 Å². The summed E-state index contributed by atoms with van der Waals surface area (Å²) in [6.07, 6.45) is 1.06. The highest BCUT2D eigenvalue weighted by Gasteiger charge is 2.29. The van der Waals surface area contributed by atoms with Gasteiger partial charge in [-0.15, -0.1) is 0 Å². The molecule has 0 saturated heterocycles. The van der Waals surface area contributed by atoms with Crippen LogP contribution in [0, 0.1) is 5.92 Å². The molecule has 7 nitrogen and oxygen atoms in total. The van der Waals surface area contributed by atoms with Crippen molar-refractivity contribution in [1.82, 2.24) is 10.2 Å². The molecule has 0 fully saturated rings. The van der Waals surface area contributed by atoms with Crippen molar-refractivity contribution in [2.45, 2.75) is 33.4 Å². The molecule has 2 amide bonds. The molecule has 168 valence electrons. The van der Waals surface area contributed by atoms with E-state index < -0.39 is 28.5 Å². The zero-order chi connectivity index (χ0) is 23.0. The van der Waals surface area contributed by atoms with Crippen LogP contribution in [0.1, 0.15) is 26.3 Å². The van der Waals surface area contributed by atoms with Gasteiger partial charge in [0.2, 0.25) is 21.8 Å². The number of para-hydroxylation sites is 1. The topological polar surface area (TPSA) is 86.8 Å². The largest absolute Gasteiger partial charge is 0.354 e. The van der Waals surface area contributed by atoms with Crippen molar-refractivity contribution in [2.75, 3.05) is 23.7 Å². The number of anilines is 1. The van der Waals surface area contributed by atoms with Gasteiger partial charge in [0.25, 0.3) is 0 Å². The molecule has 0 radical (unpaired) electrons. The number of hydrogen-bond acceptors (Lipinski definition) is 4. The Morgan fingerprint density at radius 2 is 1.48 bits per heavy atom. The molecule has 0 aliphatic rings. The summed E-state index contributed by atoms with van der Waals surface area (Å²) in [5.41, 5.74) is 1.25. The molecule has 2 rings (SSSR count). The van der Waals surface area contributed by atoms with E-state index in [2.05, 4.69) is 5.32 Å². The highest BCUT2D eigenvalue weighted by Crippen LogP contribution is 2.18. The minimum absolute atomic E-state index is 0.197. The van der Waals surface area contributed by atoms with Gasteiger partial charge in [0.1, 0.15) is 12.6 Å². The van der Waals surface area contributed by atoms with Crippen LogP contribution in [0.5, 0.6) is 0 Å². The zero-order valence-electron chi connectivity index (χ0n) is 18.5. The van der Waals surface area contributed by atoms with Gasteiger partial charge in [0.15, 0.2) is 0 Å². The first-order valence-corrected chi connectivity index (χ1v) is 12.1. The van der Waals surface area contributed by atoms with Crippen molar-refractivity contribution in [3.8, 4) is 0 Å². The molecule has 0 heterocycles. The van der Waals surface area contributed by atoms with Crippen molar-refractivity contribution in [2.24, 2.45) is 5.92 Å². The maximum absolute atomic E-state index is 13.3. The zero-order valence-corrected chi connectivity index (χ0v) is 19.3. The van der Waals surface area contributed by atoms with Crippen LogP contribution < -0.4 is 9.62 Å². The van der Waals surface area contributed by atoms with E-state index in [1.807, 2.05) is 44.2 Å². The Bertz CT molecular complexity index is 963. The van der Waals surface area contributed by atoms with E-state index in [1.165, 1.54) is 4.90 Å². The van der Waals surface area contributed by atoms with Gasteiger partial charge in [-0.1, -0.05) is 62.4 Å². The van der Waals surface area contributed by atoms with Gasteiger partial charge in [0.05, 0.1) is 11.9 Å². The maximum Gasteiger partial charge on any atom is 0.244 e. The predicted molar refractivity (Wildman–Crippen MR) is 123 cm³/mol. The number of nitrogens with one attached hydrogen (secondary N) is 1. The van der Waals surface area contributed by atoms with E-state index in [0.717, 1.165) is 16.1 Å². The Morgan fingerprint density at radius 3 is 2.00 bits per heavy atom. The predicted octanol–water partition coefficient (Wildman–Crippen LogP) is 2.64. The van der Waals surface area contributed by atoms with Gasteiger partial charge in [-0.05, 0) is 30.5 Å². The maximum atomic E-state index is 13.3. The fraction of sp³-hybridized carbons (Fsp3) is 0.391. The lowest BCUT2D eigenvalue weighted by atomic mass is 10.1. The summed E-state index contributed by atoms with van der Waals surface area (Å²) < 4.78 is 25.9. The monoisotopic (exact) mass is 445 g/mol. The second-order valence-electron chi connectivity index (χ2n) is 7.93. The van der Waals surface area contributed by atoms with E-state index >= 15 is 0 Å². The molecule has 0 spiro atoms. The summed E-state index contributed by atoms with van der Waals surface area (Å²) in [5, 5.41) is 2.85. The van der Waals surface area contributed by atoms with Crippen LogP contribution in [0.4, 0.5) is 5.69 Å². The summed E-state index contributed by atoms with van der Waals surface area (Å²) in [7, 11) is -3.70. The van der Waals surface area contributed by atoms with E-state index in [-0.39, 0.29) is 18.4 Å². The van der Waals surface area contributed by atoms with Crippen LogP contribution in [0.3, 0.4) is 0 Å². The van der Waals surface area contributed by atoms with E-state index in [1.54, 1.807) is 37.3 Å². The van der Waals surface area contributed by atoms with Crippen LogP contribution in [-0.2, 0) is 26.2 Å². The molecule has 0 aromatic heterocycles. The second-order valence-corrected chi connectivity index (χ2v) is 9.83. The molecule has 1 N–H and O–H groups in total. The van der Waals surface area contributed by atoms with E-state index in [9.17, 15) is 18.0 Å². The number of carbonyl (C=O) groups is 2. The normalized spacial score (nSPS) is 12.3. The standard InChI is InChI=1S/C23H31N3O4S/c1-18(2)15-24-23(28)19(3)25(16-20-11-7-5-8-12-20)22(27)17-26(31(4,29)30)21-13-9-6-10-14-21/h5-14,18-19H,15-17H2,1-4H3,(H,24,28)/t19-/m1/s1. The Morgan fingerprint density at radius 1 is 0.935 bits per heavy atom. The van der Waals surface area contributed by atoms with Gasteiger partial charge in [-0.3, -0.25) is 13.9 Å². The Balaban J connectivity index is 2.30. The van der Waals surface area contributed by atoms with Crippen molar-refractivity contribution < 1.29 is 18.0 Å². The Hall–Kier alpha value is -2.87. The molecule has 0 saturated carbocycles. The van der Waals surface area contributed by atoms with Crippen LogP contribution in [-0.4, -0.2) is 50.5 Å². The van der Waals surface area contributed by atoms with Crippen LogP contribution >= 0.6 is 0 Å². The molecular weight excluding hydrogens is 414 g/mol. The summed E-state index contributed by atoms with van der Waals surface area (Å²) in [4.78, 5) is 27.4. The fourth-order valence-electron chi connectivity index (χ4n) is 3.02. The average Bonchev–Trinajstić information content (AvgIpc) is 2.74. The molecule has 31 heavy (non-hydrogen) atoms. The molecule has 0 bridgehead atoms. The number of rotatable bonds is 10. The number of amides is 2. The van der Waals surface area contributed by atoms with E-state index in [0.29, 0.717) is 12.2 Å². The van der Waals surface area contributed by atoms with Crippen molar-refractivity contribution in [1.29, 1.82) is 0 Å². The van der Waals surface area contributed by atoms with Crippen molar-refractivity contribution in [3.63, 3.8) is 0 Å². The van der Waals surface area contributed by atoms with Crippen LogP contribution in [0.2, 0.25) is 0 Å². The number of benzene rings is 2. The average molecular weight is 446 g/mol. The third-order valence-corrected chi connectivity index (χ3v) is 5.91. The molecule has 0 aliphatic carbocycles. The lowest BCUT2D eigenvalue weighted by Gasteiger charge is -2.31. The van der Waals surface area contributed by atoms with Gasteiger partial charge < -0.3 is 10.2 Å². The summed E-state index contributed by atoms with van der Waals surface area (Å²) in [6.45, 7) is 5.93. The van der Waals surface area contributed by atoms with Crippen LogP contribution in [0.25, 0.3) is 0 Å². The second kappa shape index (κ2) is 10.9. The fourth-order valence-corrected chi connectivity index (χ4v) is 3.87. The summed E-state index contributed by atoms with van der Waals surface area (Å²) in [5.74, 6) is -0.456. The molecule has 0 unspecified atom stereocenters.